The summed E-state index contributed by atoms with van der Waals surface area (Å²) in [6.45, 7) is 6.02. The number of thiocarbonyl (C=S) groups is 1. The second kappa shape index (κ2) is 9.47. The number of thioether (sulfide) groups is 1. The van der Waals surface area contributed by atoms with Crippen molar-refractivity contribution < 1.29 is 14.3 Å². The molecule has 11 heteroatoms. The van der Waals surface area contributed by atoms with Crippen LogP contribution in [0, 0.1) is 6.92 Å². The number of pyridine rings is 1. The van der Waals surface area contributed by atoms with Crippen molar-refractivity contribution >= 4 is 51.7 Å². The number of carbonyl (C=O) groups excluding carboxylic acids is 1. The van der Waals surface area contributed by atoms with Crippen molar-refractivity contribution in [2.24, 2.45) is 0 Å². The molecule has 3 aliphatic heterocycles. The molecule has 0 atom stereocenters. The maximum absolute atomic E-state index is 13.7. The van der Waals surface area contributed by atoms with Crippen LogP contribution in [0.15, 0.2) is 46.2 Å². The highest BCUT2D eigenvalue weighted by molar-refractivity contribution is 8.26. The van der Waals surface area contributed by atoms with E-state index in [2.05, 4.69) is 15.9 Å². The summed E-state index contributed by atoms with van der Waals surface area (Å²) in [6.07, 6.45) is 3.37. The number of ether oxygens (including phenoxy) is 2. The van der Waals surface area contributed by atoms with Crippen LogP contribution in [-0.2, 0) is 11.3 Å². The summed E-state index contributed by atoms with van der Waals surface area (Å²) >= 11 is 6.49. The number of carbonyl (C=O) groups is 1. The van der Waals surface area contributed by atoms with Crippen molar-refractivity contribution in [3.8, 4) is 11.5 Å². The standard InChI is InChI=1S/C26H25N5O4S2/c1-16-4-3-7-31-22(16)27-23(18(24(31)32)13-21-25(33)28(2)26(36)37-21)30-10-8-29(9-11-30)14-17-5-6-19-20(12-17)35-15-34-19/h3-7,12-13H,8-11,14-15H2,1-2H3. The summed E-state index contributed by atoms with van der Waals surface area (Å²) in [4.78, 5) is 37.7. The Morgan fingerprint density at radius 1 is 1.11 bits per heavy atom. The molecule has 3 aliphatic rings. The molecular weight excluding hydrogens is 510 g/mol. The smallest absolute Gasteiger partial charge is 0.267 e. The zero-order valence-electron chi connectivity index (χ0n) is 20.5. The summed E-state index contributed by atoms with van der Waals surface area (Å²) in [5.41, 5.74) is 2.89. The van der Waals surface area contributed by atoms with Crippen LogP contribution in [0.5, 0.6) is 11.5 Å². The average molecular weight is 536 g/mol. The van der Waals surface area contributed by atoms with Gasteiger partial charge in [0.25, 0.3) is 11.5 Å². The molecule has 1 amide bonds. The van der Waals surface area contributed by atoms with Crippen LogP contribution in [0.1, 0.15) is 16.7 Å². The van der Waals surface area contributed by atoms with Crippen molar-refractivity contribution in [3.63, 3.8) is 0 Å². The summed E-state index contributed by atoms with van der Waals surface area (Å²) < 4.78 is 13.0. The number of anilines is 1. The Morgan fingerprint density at radius 3 is 2.65 bits per heavy atom. The number of likely N-dealkylation sites (N-methyl/N-ethyl adjacent to an activating group) is 1. The van der Waals surface area contributed by atoms with Gasteiger partial charge in [-0.3, -0.25) is 23.8 Å². The number of nitrogens with zero attached hydrogens (tertiary/aromatic N) is 5. The van der Waals surface area contributed by atoms with Gasteiger partial charge in [-0.1, -0.05) is 36.1 Å². The van der Waals surface area contributed by atoms with E-state index in [1.807, 2.05) is 31.2 Å². The second-order valence-electron chi connectivity index (χ2n) is 9.23. The number of aromatic nitrogens is 2. The SMILES string of the molecule is Cc1cccn2c(=O)c(C=C3SC(=S)N(C)C3=O)c(N3CCN(Cc4ccc5c(c4)OCO5)CC3)nc12. The molecule has 0 spiro atoms. The quantitative estimate of drug-likeness (QED) is 0.370. The fraction of sp³-hybridized carbons (Fsp3) is 0.308. The highest BCUT2D eigenvalue weighted by Crippen LogP contribution is 2.34. The van der Waals surface area contributed by atoms with Crippen molar-refractivity contribution in [1.82, 2.24) is 19.2 Å². The van der Waals surface area contributed by atoms with Gasteiger partial charge in [-0.2, -0.15) is 0 Å². The zero-order valence-corrected chi connectivity index (χ0v) is 22.1. The van der Waals surface area contributed by atoms with Crippen LogP contribution < -0.4 is 19.9 Å². The molecule has 0 bridgehead atoms. The minimum absolute atomic E-state index is 0.201. The van der Waals surface area contributed by atoms with Crippen LogP contribution in [0.4, 0.5) is 5.82 Å². The largest absolute Gasteiger partial charge is 0.454 e. The third-order valence-electron chi connectivity index (χ3n) is 6.84. The number of amides is 1. The monoisotopic (exact) mass is 535 g/mol. The minimum Gasteiger partial charge on any atom is -0.454 e. The van der Waals surface area contributed by atoms with E-state index in [1.165, 1.54) is 16.7 Å². The lowest BCUT2D eigenvalue weighted by Crippen LogP contribution is -2.47. The minimum atomic E-state index is -0.205. The van der Waals surface area contributed by atoms with E-state index < -0.39 is 0 Å². The molecule has 5 heterocycles. The number of benzene rings is 1. The van der Waals surface area contributed by atoms with Gasteiger partial charge in [-0.15, -0.1) is 0 Å². The van der Waals surface area contributed by atoms with Gasteiger partial charge in [0, 0.05) is 46.0 Å². The molecule has 0 saturated carbocycles. The highest BCUT2D eigenvalue weighted by atomic mass is 32.2. The van der Waals surface area contributed by atoms with E-state index >= 15 is 0 Å². The molecule has 2 saturated heterocycles. The van der Waals surface area contributed by atoms with Gasteiger partial charge < -0.3 is 14.4 Å². The van der Waals surface area contributed by atoms with Crippen LogP contribution >= 0.6 is 24.0 Å². The fourth-order valence-corrected chi connectivity index (χ4v) is 5.92. The van der Waals surface area contributed by atoms with Gasteiger partial charge in [-0.25, -0.2) is 4.98 Å². The van der Waals surface area contributed by atoms with Crippen molar-refractivity contribution in [2.75, 3.05) is 44.9 Å². The van der Waals surface area contributed by atoms with E-state index in [9.17, 15) is 9.59 Å². The maximum Gasteiger partial charge on any atom is 0.267 e. The Hall–Kier alpha value is -3.41. The molecule has 0 unspecified atom stereocenters. The molecule has 0 aliphatic carbocycles. The van der Waals surface area contributed by atoms with E-state index in [4.69, 9.17) is 26.7 Å². The van der Waals surface area contributed by atoms with Crippen molar-refractivity contribution in [1.29, 1.82) is 0 Å². The normalized spacial score (nSPS) is 19.0. The lowest BCUT2D eigenvalue weighted by atomic mass is 10.1. The third-order valence-corrected chi connectivity index (χ3v) is 8.33. The van der Waals surface area contributed by atoms with Gasteiger partial charge >= 0.3 is 0 Å². The first-order chi connectivity index (χ1) is 17.9. The Morgan fingerprint density at radius 2 is 1.89 bits per heavy atom. The van der Waals surface area contributed by atoms with Gasteiger partial charge in [0.05, 0.1) is 10.5 Å². The van der Waals surface area contributed by atoms with Crippen LogP contribution in [0.25, 0.3) is 11.7 Å². The first-order valence-corrected chi connectivity index (χ1v) is 13.2. The number of hydrogen-bond donors (Lipinski definition) is 0. The lowest BCUT2D eigenvalue weighted by molar-refractivity contribution is -0.121. The Labute approximate surface area is 223 Å². The fourth-order valence-electron chi connectivity index (χ4n) is 4.76. The zero-order chi connectivity index (χ0) is 25.7. The maximum atomic E-state index is 13.7. The van der Waals surface area contributed by atoms with Gasteiger partial charge in [0.2, 0.25) is 6.79 Å². The third kappa shape index (κ3) is 4.36. The number of hydrogen-bond acceptors (Lipinski definition) is 9. The van der Waals surface area contributed by atoms with Crippen LogP contribution in [0.3, 0.4) is 0 Å². The van der Waals surface area contributed by atoms with Crippen molar-refractivity contribution in [2.45, 2.75) is 13.5 Å². The lowest BCUT2D eigenvalue weighted by Gasteiger charge is -2.36. The van der Waals surface area contributed by atoms with E-state index in [1.54, 1.807) is 23.7 Å². The number of aryl methyl sites for hydroxylation is 1. The van der Waals surface area contributed by atoms with Crippen LogP contribution in [0.2, 0.25) is 0 Å². The first-order valence-electron chi connectivity index (χ1n) is 12.0. The predicted molar refractivity (Wildman–Crippen MR) is 147 cm³/mol. The van der Waals surface area contributed by atoms with Crippen LogP contribution in [-0.4, -0.2) is 69.4 Å². The molecule has 190 valence electrons. The predicted octanol–water partition coefficient (Wildman–Crippen LogP) is 2.88. The molecule has 1 aromatic carbocycles. The molecular formula is C26H25N5O4S2. The molecule has 2 aromatic heterocycles. The molecule has 9 nitrogen and oxygen atoms in total. The summed E-state index contributed by atoms with van der Waals surface area (Å²) in [6, 6.07) is 9.82. The summed E-state index contributed by atoms with van der Waals surface area (Å²) in [5, 5.41) is 0. The van der Waals surface area contributed by atoms with Gasteiger partial charge in [0.15, 0.2) is 11.5 Å². The number of rotatable bonds is 4. The molecule has 3 aromatic rings. The number of piperazine rings is 1. The molecule has 6 rings (SSSR count). The number of fused-ring (bicyclic) bond motifs is 2. The first kappa shape index (κ1) is 24.0. The summed E-state index contributed by atoms with van der Waals surface area (Å²) in [5.74, 6) is 1.96. The molecule has 0 N–H and O–H groups in total. The second-order valence-corrected chi connectivity index (χ2v) is 10.9. The molecule has 37 heavy (non-hydrogen) atoms. The van der Waals surface area contributed by atoms with E-state index in [-0.39, 0.29) is 18.3 Å². The van der Waals surface area contributed by atoms with E-state index in [0.29, 0.717) is 39.3 Å². The van der Waals surface area contributed by atoms with Gasteiger partial charge in [0.1, 0.15) is 15.8 Å². The Bertz CT molecular complexity index is 1530. The van der Waals surface area contributed by atoms with Crippen molar-refractivity contribution in [3.05, 3.63) is 68.5 Å². The molecule has 0 radical (unpaired) electrons. The van der Waals surface area contributed by atoms with Gasteiger partial charge in [-0.05, 0) is 42.3 Å². The molecule has 2 fully saturated rings. The van der Waals surface area contributed by atoms with E-state index in [0.717, 1.165) is 42.3 Å². The average Bonchev–Trinajstić information content (AvgIpc) is 3.46. The summed E-state index contributed by atoms with van der Waals surface area (Å²) in [7, 11) is 1.65. The Balaban J connectivity index is 1.30. The Kier molecular flexibility index (Phi) is 6.13. The highest BCUT2D eigenvalue weighted by Gasteiger charge is 2.31. The topological polar surface area (TPSA) is 79.6 Å².